The van der Waals surface area contributed by atoms with Gasteiger partial charge in [-0.25, -0.2) is 0 Å². The molecule has 2 N–H and O–H groups in total. The van der Waals surface area contributed by atoms with Crippen molar-refractivity contribution in [1.82, 2.24) is 0 Å². The quantitative estimate of drug-likeness (QED) is 0.838. The summed E-state index contributed by atoms with van der Waals surface area (Å²) in [5.74, 6) is 0. The van der Waals surface area contributed by atoms with Crippen molar-refractivity contribution < 1.29 is 23.4 Å². The van der Waals surface area contributed by atoms with Crippen LogP contribution in [0.15, 0.2) is 24.3 Å². The van der Waals surface area contributed by atoms with Gasteiger partial charge in [-0.3, -0.25) is 0 Å². The highest BCUT2D eigenvalue weighted by Gasteiger charge is 2.31. The molecule has 0 atom stereocenters. The number of aliphatic hydroxyl groups excluding tert-OH is 2. The summed E-state index contributed by atoms with van der Waals surface area (Å²) in [5, 5.41) is 18.8. The Bertz CT molecular complexity index is 381. The van der Waals surface area contributed by atoms with Crippen molar-refractivity contribution in [2.45, 2.75) is 32.4 Å². The van der Waals surface area contributed by atoms with E-state index in [2.05, 4.69) is 0 Å². The standard InChI is InChI=1S/C14H19F3O2/c1-2-7-13(9-18,10-19)8-11-3-5-12(6-4-11)14(15,16)17/h3-6,18-19H,2,7-10H2,1H3. The number of hydrogen-bond acceptors (Lipinski definition) is 2. The normalized spacial score (nSPS) is 12.7. The molecule has 0 aliphatic heterocycles. The molecule has 0 aliphatic carbocycles. The second-order valence-corrected chi connectivity index (χ2v) is 4.94. The molecule has 1 aromatic carbocycles. The molecular formula is C14H19F3O2. The zero-order chi connectivity index (χ0) is 14.5. The fraction of sp³-hybridized carbons (Fsp3) is 0.571. The van der Waals surface area contributed by atoms with Crippen LogP contribution >= 0.6 is 0 Å². The lowest BCUT2D eigenvalue weighted by Gasteiger charge is -2.29. The number of hydrogen-bond donors (Lipinski definition) is 2. The van der Waals surface area contributed by atoms with E-state index in [0.717, 1.165) is 18.6 Å². The van der Waals surface area contributed by atoms with Crippen LogP contribution in [0.1, 0.15) is 30.9 Å². The molecule has 0 saturated carbocycles. The number of halogens is 3. The molecular weight excluding hydrogens is 257 g/mol. The average molecular weight is 276 g/mol. The van der Waals surface area contributed by atoms with E-state index < -0.39 is 17.2 Å². The third kappa shape index (κ3) is 4.21. The second kappa shape index (κ2) is 6.39. The molecule has 0 aliphatic rings. The fourth-order valence-corrected chi connectivity index (χ4v) is 2.18. The van der Waals surface area contributed by atoms with E-state index in [4.69, 9.17) is 0 Å². The monoisotopic (exact) mass is 276 g/mol. The van der Waals surface area contributed by atoms with Gasteiger partial charge in [-0.1, -0.05) is 25.5 Å². The van der Waals surface area contributed by atoms with E-state index >= 15 is 0 Å². The molecule has 0 unspecified atom stereocenters. The van der Waals surface area contributed by atoms with Crippen molar-refractivity contribution >= 4 is 0 Å². The lowest BCUT2D eigenvalue weighted by molar-refractivity contribution is -0.137. The van der Waals surface area contributed by atoms with Crippen molar-refractivity contribution in [1.29, 1.82) is 0 Å². The largest absolute Gasteiger partial charge is 0.416 e. The molecule has 108 valence electrons. The van der Waals surface area contributed by atoms with E-state index in [-0.39, 0.29) is 13.2 Å². The van der Waals surface area contributed by atoms with Gasteiger partial charge in [-0.05, 0) is 30.5 Å². The first kappa shape index (κ1) is 16.0. The van der Waals surface area contributed by atoms with Crippen LogP contribution in [0.4, 0.5) is 13.2 Å². The van der Waals surface area contributed by atoms with Crippen LogP contribution in [0.2, 0.25) is 0 Å². The lowest BCUT2D eigenvalue weighted by atomic mass is 9.79. The first-order valence-electron chi connectivity index (χ1n) is 6.25. The van der Waals surface area contributed by atoms with Crippen LogP contribution in [0.3, 0.4) is 0 Å². The van der Waals surface area contributed by atoms with Gasteiger partial charge in [0.1, 0.15) is 0 Å². The Morgan fingerprint density at radius 1 is 1.00 bits per heavy atom. The highest BCUT2D eigenvalue weighted by molar-refractivity contribution is 5.25. The van der Waals surface area contributed by atoms with Gasteiger partial charge in [0.05, 0.1) is 18.8 Å². The maximum absolute atomic E-state index is 12.4. The van der Waals surface area contributed by atoms with E-state index in [0.29, 0.717) is 18.4 Å². The van der Waals surface area contributed by atoms with Crippen molar-refractivity contribution in [2.75, 3.05) is 13.2 Å². The Kier molecular flexibility index (Phi) is 5.38. The van der Waals surface area contributed by atoms with Gasteiger partial charge in [-0.15, -0.1) is 0 Å². The number of aliphatic hydroxyl groups is 2. The summed E-state index contributed by atoms with van der Waals surface area (Å²) in [5.41, 5.74) is -0.663. The zero-order valence-electron chi connectivity index (χ0n) is 10.9. The van der Waals surface area contributed by atoms with E-state index in [9.17, 15) is 23.4 Å². The lowest BCUT2D eigenvalue weighted by Crippen LogP contribution is -2.32. The van der Waals surface area contributed by atoms with Crippen LogP contribution in [0, 0.1) is 5.41 Å². The first-order chi connectivity index (χ1) is 8.87. The van der Waals surface area contributed by atoms with Gasteiger partial charge in [0.15, 0.2) is 0 Å². The van der Waals surface area contributed by atoms with Crippen molar-refractivity contribution in [3.63, 3.8) is 0 Å². The number of benzene rings is 1. The molecule has 2 nitrogen and oxygen atoms in total. The molecule has 0 amide bonds. The van der Waals surface area contributed by atoms with Crippen LogP contribution in [0.25, 0.3) is 0 Å². The van der Waals surface area contributed by atoms with Crippen LogP contribution < -0.4 is 0 Å². The predicted octanol–water partition coefficient (Wildman–Crippen LogP) is 3.02. The molecule has 0 spiro atoms. The molecule has 0 radical (unpaired) electrons. The smallest absolute Gasteiger partial charge is 0.396 e. The minimum Gasteiger partial charge on any atom is -0.396 e. The van der Waals surface area contributed by atoms with Crippen LogP contribution in [-0.2, 0) is 12.6 Å². The van der Waals surface area contributed by atoms with Crippen LogP contribution in [-0.4, -0.2) is 23.4 Å². The van der Waals surface area contributed by atoms with Gasteiger partial charge in [0.25, 0.3) is 0 Å². The predicted molar refractivity (Wildman–Crippen MR) is 66.7 cm³/mol. The SMILES string of the molecule is CCCC(CO)(CO)Cc1ccc(C(F)(F)F)cc1. The van der Waals surface area contributed by atoms with Crippen LogP contribution in [0.5, 0.6) is 0 Å². The minimum atomic E-state index is -4.34. The molecule has 0 saturated heterocycles. The summed E-state index contributed by atoms with van der Waals surface area (Å²) in [6, 6.07) is 4.86. The van der Waals surface area contributed by atoms with E-state index in [1.165, 1.54) is 12.1 Å². The Balaban J connectivity index is 2.86. The fourth-order valence-electron chi connectivity index (χ4n) is 2.18. The number of alkyl halides is 3. The average Bonchev–Trinajstić information content (AvgIpc) is 2.37. The van der Waals surface area contributed by atoms with Crippen molar-refractivity contribution in [2.24, 2.45) is 5.41 Å². The van der Waals surface area contributed by atoms with Gasteiger partial charge >= 0.3 is 6.18 Å². The molecule has 0 heterocycles. The highest BCUT2D eigenvalue weighted by atomic mass is 19.4. The Hall–Kier alpha value is -1.07. The topological polar surface area (TPSA) is 40.5 Å². The zero-order valence-corrected chi connectivity index (χ0v) is 10.9. The maximum Gasteiger partial charge on any atom is 0.416 e. The Morgan fingerprint density at radius 3 is 1.89 bits per heavy atom. The third-order valence-electron chi connectivity index (χ3n) is 3.31. The van der Waals surface area contributed by atoms with Crippen molar-refractivity contribution in [3.05, 3.63) is 35.4 Å². The summed E-state index contributed by atoms with van der Waals surface area (Å²) in [6.07, 6.45) is -2.55. The summed E-state index contributed by atoms with van der Waals surface area (Å²) in [7, 11) is 0. The van der Waals surface area contributed by atoms with Gasteiger partial charge in [0.2, 0.25) is 0 Å². The van der Waals surface area contributed by atoms with Gasteiger partial charge in [-0.2, -0.15) is 13.2 Å². The molecule has 5 heteroatoms. The summed E-state index contributed by atoms with van der Waals surface area (Å²) in [6.45, 7) is 1.57. The van der Waals surface area contributed by atoms with Gasteiger partial charge in [0, 0.05) is 5.41 Å². The molecule has 0 aromatic heterocycles. The minimum absolute atomic E-state index is 0.182. The van der Waals surface area contributed by atoms with Crippen molar-refractivity contribution in [3.8, 4) is 0 Å². The maximum atomic E-state index is 12.4. The summed E-state index contributed by atoms with van der Waals surface area (Å²) < 4.78 is 37.3. The first-order valence-corrected chi connectivity index (χ1v) is 6.25. The van der Waals surface area contributed by atoms with Gasteiger partial charge < -0.3 is 10.2 Å². The number of rotatable bonds is 6. The van der Waals surface area contributed by atoms with E-state index in [1.807, 2.05) is 6.92 Å². The third-order valence-corrected chi connectivity index (χ3v) is 3.31. The highest BCUT2D eigenvalue weighted by Crippen LogP contribution is 2.31. The Morgan fingerprint density at radius 2 is 1.53 bits per heavy atom. The molecule has 19 heavy (non-hydrogen) atoms. The molecule has 0 bridgehead atoms. The molecule has 1 aromatic rings. The Labute approximate surface area is 110 Å². The second-order valence-electron chi connectivity index (χ2n) is 4.94. The summed E-state index contributed by atoms with van der Waals surface area (Å²) >= 11 is 0. The van der Waals surface area contributed by atoms with E-state index in [1.54, 1.807) is 0 Å². The molecule has 0 fully saturated rings. The molecule has 1 rings (SSSR count). The summed E-state index contributed by atoms with van der Waals surface area (Å²) in [4.78, 5) is 0.